The Kier molecular flexibility index (Phi) is 5.09. The van der Waals surface area contributed by atoms with Gasteiger partial charge in [0.15, 0.2) is 11.5 Å². The molecule has 0 radical (unpaired) electrons. The van der Waals surface area contributed by atoms with Crippen LogP contribution in [-0.2, 0) is 10.7 Å². The molecular weight excluding hydrogens is 260 g/mol. The van der Waals surface area contributed by atoms with Crippen molar-refractivity contribution in [3.63, 3.8) is 0 Å². The van der Waals surface area contributed by atoms with Gasteiger partial charge in [-0.05, 0) is 6.92 Å². The maximum Gasteiger partial charge on any atom is 0.298 e. The first-order valence-corrected chi connectivity index (χ1v) is 5.67. The zero-order chi connectivity index (χ0) is 13.7. The fourth-order valence-corrected chi connectivity index (χ4v) is 2.08. The lowest BCUT2D eigenvalue weighted by atomic mass is 10.1. The van der Waals surface area contributed by atoms with E-state index < -0.39 is 0 Å². The molecule has 0 fully saturated rings. The van der Waals surface area contributed by atoms with Gasteiger partial charge >= 0.3 is 0 Å². The van der Waals surface area contributed by atoms with E-state index in [1.807, 2.05) is 0 Å². The maximum atomic E-state index is 10.6. The maximum absolute atomic E-state index is 10.6. The molecular formula is C12H15ClO5. The smallest absolute Gasteiger partial charge is 0.298 e. The van der Waals surface area contributed by atoms with Crippen LogP contribution in [0.25, 0.3) is 0 Å². The molecule has 0 unspecified atom stereocenters. The van der Waals surface area contributed by atoms with E-state index in [0.29, 0.717) is 34.8 Å². The van der Waals surface area contributed by atoms with E-state index in [9.17, 15) is 4.79 Å². The molecule has 0 aliphatic carbocycles. The minimum absolute atomic E-state index is 0.199. The second-order valence-corrected chi connectivity index (χ2v) is 3.65. The number of ether oxygens (including phenoxy) is 4. The molecule has 0 aliphatic heterocycles. The van der Waals surface area contributed by atoms with E-state index in [-0.39, 0.29) is 11.6 Å². The summed E-state index contributed by atoms with van der Waals surface area (Å²) in [6.45, 7) is 2.09. The zero-order valence-electron chi connectivity index (χ0n) is 10.7. The van der Waals surface area contributed by atoms with Crippen molar-refractivity contribution in [1.82, 2.24) is 0 Å². The summed E-state index contributed by atoms with van der Waals surface area (Å²) in [6.07, 6.45) is 0. The van der Waals surface area contributed by atoms with Crippen LogP contribution < -0.4 is 18.9 Å². The Bertz CT molecular complexity index is 445. The summed E-state index contributed by atoms with van der Waals surface area (Å²) in [5.41, 5.74) is 1.36. The molecule has 0 atom stereocenters. The fraction of sp³-hybridized carbons (Fsp3) is 0.417. The van der Waals surface area contributed by atoms with E-state index in [2.05, 4.69) is 0 Å². The van der Waals surface area contributed by atoms with Gasteiger partial charge in [-0.3, -0.25) is 4.79 Å². The molecule has 0 aromatic heterocycles. The number of hydrogen-bond acceptors (Lipinski definition) is 5. The van der Waals surface area contributed by atoms with Crippen molar-refractivity contribution in [3.8, 4) is 23.0 Å². The second-order valence-electron chi connectivity index (χ2n) is 3.38. The number of rotatable bonds is 6. The summed E-state index contributed by atoms with van der Waals surface area (Å²) >= 11 is 5.89. The van der Waals surface area contributed by atoms with Gasteiger partial charge in [-0.15, -0.1) is 11.6 Å². The fourth-order valence-electron chi connectivity index (χ4n) is 1.76. The monoisotopic (exact) mass is 274 g/mol. The van der Waals surface area contributed by atoms with Gasteiger partial charge in [0.2, 0.25) is 11.5 Å². The lowest BCUT2D eigenvalue weighted by Gasteiger charge is -2.19. The minimum atomic E-state index is 0.199. The van der Waals surface area contributed by atoms with Gasteiger partial charge in [0.25, 0.3) is 6.47 Å². The topological polar surface area (TPSA) is 54.0 Å². The third kappa shape index (κ3) is 2.31. The lowest BCUT2D eigenvalue weighted by Crippen LogP contribution is -2.04. The highest BCUT2D eigenvalue weighted by molar-refractivity contribution is 6.17. The number of halogens is 1. The minimum Gasteiger partial charge on any atom is -0.492 e. The normalized spacial score (nSPS) is 9.83. The average Bonchev–Trinajstić information content (AvgIpc) is 2.39. The zero-order valence-corrected chi connectivity index (χ0v) is 11.5. The first kappa shape index (κ1) is 14.4. The van der Waals surface area contributed by atoms with Gasteiger partial charge < -0.3 is 18.9 Å². The van der Waals surface area contributed by atoms with E-state index in [1.54, 1.807) is 6.92 Å². The predicted molar refractivity (Wildman–Crippen MR) is 67.1 cm³/mol. The predicted octanol–water partition coefficient (Wildman–Crippen LogP) is 2.29. The molecule has 18 heavy (non-hydrogen) atoms. The van der Waals surface area contributed by atoms with E-state index in [4.69, 9.17) is 30.5 Å². The van der Waals surface area contributed by atoms with Crippen LogP contribution in [0.15, 0.2) is 0 Å². The molecule has 0 bridgehead atoms. The third-order valence-electron chi connectivity index (χ3n) is 2.60. The van der Waals surface area contributed by atoms with Crippen LogP contribution in [0.1, 0.15) is 11.1 Å². The van der Waals surface area contributed by atoms with Gasteiger partial charge in [-0.2, -0.15) is 0 Å². The van der Waals surface area contributed by atoms with E-state index >= 15 is 0 Å². The van der Waals surface area contributed by atoms with Crippen LogP contribution in [-0.4, -0.2) is 27.8 Å². The number of benzene rings is 1. The molecule has 0 amide bonds. The molecule has 1 rings (SSSR count). The van der Waals surface area contributed by atoms with Crippen LogP contribution in [0.5, 0.6) is 23.0 Å². The van der Waals surface area contributed by atoms with Gasteiger partial charge in [0.05, 0.1) is 27.2 Å². The molecule has 0 saturated carbocycles. The molecule has 6 heteroatoms. The Morgan fingerprint density at radius 3 is 1.89 bits per heavy atom. The molecule has 0 spiro atoms. The number of carbonyl (C=O) groups is 1. The Morgan fingerprint density at radius 1 is 1.00 bits per heavy atom. The van der Waals surface area contributed by atoms with Crippen molar-refractivity contribution in [2.45, 2.75) is 12.8 Å². The van der Waals surface area contributed by atoms with E-state index in [0.717, 1.165) is 0 Å². The van der Waals surface area contributed by atoms with Crippen LogP contribution in [0.2, 0.25) is 0 Å². The summed E-state index contributed by atoms with van der Waals surface area (Å²) < 4.78 is 20.7. The molecule has 1 aromatic rings. The summed E-state index contributed by atoms with van der Waals surface area (Å²) in [5.74, 6) is 1.59. The first-order chi connectivity index (χ1) is 8.65. The molecule has 1 aromatic carbocycles. The highest BCUT2D eigenvalue weighted by Gasteiger charge is 2.25. The van der Waals surface area contributed by atoms with Crippen LogP contribution >= 0.6 is 11.6 Å². The lowest BCUT2D eigenvalue weighted by molar-refractivity contribution is -0.120. The first-order valence-electron chi connectivity index (χ1n) is 5.13. The van der Waals surface area contributed by atoms with E-state index in [1.165, 1.54) is 21.3 Å². The van der Waals surface area contributed by atoms with Crippen molar-refractivity contribution < 1.29 is 23.7 Å². The highest BCUT2D eigenvalue weighted by Crippen LogP contribution is 2.49. The largest absolute Gasteiger partial charge is 0.492 e. The summed E-state index contributed by atoms with van der Waals surface area (Å²) in [7, 11) is 4.43. The van der Waals surface area contributed by atoms with Gasteiger partial charge in [-0.1, -0.05) is 0 Å². The van der Waals surface area contributed by atoms with Crippen molar-refractivity contribution in [2.75, 3.05) is 21.3 Å². The number of hydrogen-bond donors (Lipinski definition) is 0. The standard InChI is InChI=1S/C12H15ClO5/c1-7-8(5-13)10(15-2)12(17-4)11(16-3)9(7)18-6-14/h6H,5H2,1-4H3. The number of alkyl halides is 1. The number of carbonyl (C=O) groups excluding carboxylic acids is 1. The molecule has 0 saturated heterocycles. The van der Waals surface area contributed by atoms with Crippen molar-refractivity contribution in [1.29, 1.82) is 0 Å². The Balaban J connectivity index is 3.66. The molecule has 0 N–H and O–H groups in total. The SMILES string of the molecule is COc1c(CCl)c(C)c(OC=O)c(OC)c1OC. The quantitative estimate of drug-likeness (QED) is 0.588. The van der Waals surface area contributed by atoms with Gasteiger partial charge in [-0.25, -0.2) is 0 Å². The molecule has 0 aliphatic rings. The highest BCUT2D eigenvalue weighted by atomic mass is 35.5. The molecule has 0 heterocycles. The average molecular weight is 275 g/mol. The summed E-state index contributed by atoms with van der Waals surface area (Å²) in [5, 5.41) is 0. The van der Waals surface area contributed by atoms with Crippen molar-refractivity contribution in [3.05, 3.63) is 11.1 Å². The second kappa shape index (κ2) is 6.35. The van der Waals surface area contributed by atoms with Gasteiger partial charge in [0, 0.05) is 11.1 Å². The Labute approximate surface area is 111 Å². The Morgan fingerprint density at radius 2 is 1.50 bits per heavy atom. The summed E-state index contributed by atoms with van der Waals surface area (Å²) in [4.78, 5) is 10.6. The van der Waals surface area contributed by atoms with Crippen LogP contribution in [0.3, 0.4) is 0 Å². The van der Waals surface area contributed by atoms with Crippen molar-refractivity contribution in [2.24, 2.45) is 0 Å². The molecule has 100 valence electrons. The molecule has 5 nitrogen and oxygen atoms in total. The Hall–Kier alpha value is -1.62. The third-order valence-corrected chi connectivity index (χ3v) is 2.87. The van der Waals surface area contributed by atoms with Gasteiger partial charge in [0.1, 0.15) is 0 Å². The number of methoxy groups -OCH3 is 3. The van der Waals surface area contributed by atoms with Crippen LogP contribution in [0.4, 0.5) is 0 Å². The summed E-state index contributed by atoms with van der Waals surface area (Å²) in [6, 6.07) is 0. The van der Waals surface area contributed by atoms with Crippen LogP contribution in [0, 0.1) is 6.92 Å². The van der Waals surface area contributed by atoms with Crippen molar-refractivity contribution >= 4 is 18.1 Å².